The number of anilines is 1. The lowest BCUT2D eigenvalue weighted by Gasteiger charge is -2.27. The third kappa shape index (κ3) is 14.5. The van der Waals surface area contributed by atoms with Gasteiger partial charge in [0.1, 0.15) is 24.1 Å². The maximum absolute atomic E-state index is 13.7. The van der Waals surface area contributed by atoms with Crippen molar-refractivity contribution >= 4 is 35.0 Å². The van der Waals surface area contributed by atoms with Crippen LogP contribution in [0.5, 0.6) is 11.6 Å². The van der Waals surface area contributed by atoms with Crippen molar-refractivity contribution in [3.8, 4) is 11.6 Å². The lowest BCUT2D eigenvalue weighted by atomic mass is 9.81. The van der Waals surface area contributed by atoms with E-state index in [4.69, 9.17) is 9.47 Å². The highest BCUT2D eigenvalue weighted by Crippen LogP contribution is 2.48. The molecule has 398 valence electrons. The number of ether oxygens (including phenoxy) is 2. The summed E-state index contributed by atoms with van der Waals surface area (Å²) in [6.45, 7) is 16.3. The summed E-state index contributed by atoms with van der Waals surface area (Å²) in [6, 6.07) is 25.5. The molecule has 0 atom stereocenters. The van der Waals surface area contributed by atoms with Gasteiger partial charge in [-0.15, -0.1) is 5.10 Å². The number of aromatic nitrogens is 4. The van der Waals surface area contributed by atoms with Crippen LogP contribution in [0.1, 0.15) is 132 Å². The molecule has 3 amide bonds. The predicted molar refractivity (Wildman–Crippen MR) is 285 cm³/mol. The number of hydrogen-bond donors (Lipinski definition) is 3. The fourth-order valence-corrected chi connectivity index (χ4v) is 9.67. The van der Waals surface area contributed by atoms with Gasteiger partial charge in [0.2, 0.25) is 17.5 Å². The number of allylic oxidation sites excluding steroid dienone is 4. The van der Waals surface area contributed by atoms with E-state index in [0.29, 0.717) is 45.3 Å². The van der Waals surface area contributed by atoms with E-state index in [0.717, 1.165) is 44.0 Å². The van der Waals surface area contributed by atoms with Crippen molar-refractivity contribution in [2.45, 2.75) is 136 Å². The molecule has 0 bridgehead atoms. The molecule has 3 N–H and O–H groups in total. The number of alkyl halides is 3. The average Bonchev–Trinajstić information content (AvgIpc) is 3.96. The minimum absolute atomic E-state index is 0.0500. The monoisotopic (exact) mass is 1030 g/mol. The van der Waals surface area contributed by atoms with Crippen LogP contribution in [0.25, 0.3) is 0 Å². The van der Waals surface area contributed by atoms with Gasteiger partial charge in [-0.3, -0.25) is 14.3 Å². The van der Waals surface area contributed by atoms with Gasteiger partial charge in [0, 0.05) is 91.5 Å². The molecule has 0 unspecified atom stereocenters. The van der Waals surface area contributed by atoms with E-state index in [1.54, 1.807) is 37.6 Å². The van der Waals surface area contributed by atoms with Gasteiger partial charge in [-0.2, -0.15) is 17.7 Å². The van der Waals surface area contributed by atoms with Gasteiger partial charge in [-0.05, 0) is 121 Å². The van der Waals surface area contributed by atoms with Crippen LogP contribution in [0.15, 0.2) is 115 Å². The van der Waals surface area contributed by atoms with Crippen molar-refractivity contribution in [1.82, 2.24) is 35.9 Å². The molecule has 0 saturated heterocycles. The van der Waals surface area contributed by atoms with E-state index in [1.165, 1.54) is 52.1 Å². The molecule has 0 aliphatic carbocycles. The smallest absolute Gasteiger partial charge is 0.433 e. The van der Waals surface area contributed by atoms with Crippen LogP contribution < -0.4 is 25.6 Å². The predicted octanol–water partition coefficient (Wildman–Crippen LogP) is 11.3. The second-order valence-corrected chi connectivity index (χ2v) is 21.2. The molecule has 14 nitrogen and oxygen atoms in total. The fourth-order valence-electron chi connectivity index (χ4n) is 9.67. The van der Waals surface area contributed by atoms with E-state index in [2.05, 4.69) is 142 Å². The number of rotatable bonds is 22. The summed E-state index contributed by atoms with van der Waals surface area (Å²) in [4.78, 5) is 43.9. The van der Waals surface area contributed by atoms with Gasteiger partial charge in [-0.1, -0.05) is 74.0 Å². The Morgan fingerprint density at radius 2 is 1.53 bits per heavy atom. The normalized spacial score (nSPS) is 15.3. The van der Waals surface area contributed by atoms with Gasteiger partial charge in [0.25, 0.3) is 5.91 Å². The minimum atomic E-state index is -4.77. The lowest BCUT2D eigenvalue weighted by Crippen LogP contribution is -2.32. The fraction of sp³-hybridized carbons (Fsp3) is 0.431. The standard InChI is InChI=1S/C58H70F3N9O5/c1-55(2,3)75-54(73)64-38-40-35-48(58(59,60)61)65-52(36-40)74-43-23-18-21-41(37-43)53(72)63-31-16-15-22-42-39-69(67-66-42)33-20-32-62-51(71)30-10-9-17-34-70-47-27-14-12-25-45(47)57(6,7)50(70)29-19-28-49-56(4,5)44-24-11-13-26-46(44)68(49)8/h11-14,18-19,21,23-29,35-37,39H,9-10,15-17,20,22,30-34,38H2,1-8H3,(H2-,62,63,64,71,72,73)/p+1. The maximum atomic E-state index is 13.7. The zero-order valence-corrected chi connectivity index (χ0v) is 44.4. The first kappa shape index (κ1) is 55.5. The van der Waals surface area contributed by atoms with Gasteiger partial charge < -0.3 is 30.3 Å². The van der Waals surface area contributed by atoms with E-state index < -0.39 is 23.6 Å². The molecule has 7 rings (SSSR count). The molecule has 75 heavy (non-hydrogen) atoms. The zero-order chi connectivity index (χ0) is 54.0. The summed E-state index contributed by atoms with van der Waals surface area (Å²) in [5.41, 5.74) is 6.66. The Morgan fingerprint density at radius 1 is 0.787 bits per heavy atom. The van der Waals surface area contributed by atoms with Crippen molar-refractivity contribution in [3.05, 3.63) is 149 Å². The number of fused-ring (bicyclic) bond motifs is 2. The number of nitrogens with zero attached hydrogens (tertiary/aromatic N) is 6. The van der Waals surface area contributed by atoms with Gasteiger partial charge in [-0.25, -0.2) is 9.78 Å². The van der Waals surface area contributed by atoms with Crippen LogP contribution in [-0.2, 0) is 46.0 Å². The molecule has 0 radical (unpaired) electrons. The molecule has 2 aromatic heterocycles. The number of carbonyl (C=O) groups is 3. The van der Waals surface area contributed by atoms with Crippen molar-refractivity contribution in [2.24, 2.45) is 0 Å². The molecular formula is C58H71F3N9O5+. The van der Waals surface area contributed by atoms with Gasteiger partial charge >= 0.3 is 12.3 Å². The Morgan fingerprint density at radius 3 is 2.29 bits per heavy atom. The molecule has 4 heterocycles. The summed E-state index contributed by atoms with van der Waals surface area (Å²) in [7, 11) is 2.15. The number of amides is 3. The molecule has 0 spiro atoms. The first-order valence-electron chi connectivity index (χ1n) is 25.8. The summed E-state index contributed by atoms with van der Waals surface area (Å²) >= 11 is 0. The third-order valence-corrected chi connectivity index (χ3v) is 13.5. The van der Waals surface area contributed by atoms with Crippen LogP contribution in [0, 0.1) is 0 Å². The van der Waals surface area contributed by atoms with Gasteiger partial charge in [0.15, 0.2) is 5.71 Å². The first-order chi connectivity index (χ1) is 35.6. The SMILES string of the molecule is C[N+]1=C(/C=C/C=C2\N(CCCCCC(=O)NCCCn3cc(CCCCNC(=O)c4cccc(Oc5cc(CNC(=O)OC(C)(C)C)cc(C(F)(F)F)n5)c4)nn3)c3ccccc3C2(C)C)C(C)(C)c2ccccc21. The number of benzene rings is 3. The zero-order valence-electron chi connectivity index (χ0n) is 44.4. The number of hydrogen-bond acceptors (Lipinski definition) is 9. The largest absolute Gasteiger partial charge is 0.444 e. The van der Waals surface area contributed by atoms with Crippen molar-refractivity contribution in [3.63, 3.8) is 0 Å². The van der Waals surface area contributed by atoms with Crippen LogP contribution in [0.2, 0.25) is 0 Å². The van der Waals surface area contributed by atoms with E-state index in [-0.39, 0.29) is 51.9 Å². The number of unbranched alkanes of at least 4 members (excludes halogenated alkanes) is 3. The maximum Gasteiger partial charge on any atom is 0.433 e. The lowest BCUT2D eigenvalue weighted by molar-refractivity contribution is -0.401. The average molecular weight is 1030 g/mol. The number of para-hydroxylation sites is 2. The number of carbonyl (C=O) groups excluding carboxylic acids is 3. The van der Waals surface area contributed by atoms with E-state index in [9.17, 15) is 27.6 Å². The second-order valence-electron chi connectivity index (χ2n) is 21.2. The number of alkyl carbamates (subject to hydrolysis) is 1. The van der Waals surface area contributed by atoms with Crippen LogP contribution in [0.3, 0.4) is 0 Å². The Balaban J connectivity index is 0.781. The molecule has 2 aliphatic rings. The molecular weight excluding hydrogens is 960 g/mol. The van der Waals surface area contributed by atoms with E-state index in [1.807, 2.05) is 6.20 Å². The Bertz CT molecular complexity index is 2930. The Hall–Kier alpha value is -7.30. The highest BCUT2D eigenvalue weighted by atomic mass is 19.4. The minimum Gasteiger partial charge on any atom is -0.444 e. The van der Waals surface area contributed by atoms with Crippen LogP contribution in [-0.4, -0.2) is 80.5 Å². The Kier molecular flexibility index (Phi) is 17.7. The molecule has 2 aliphatic heterocycles. The number of aryl methyl sites for hydroxylation is 2. The Labute approximate surface area is 438 Å². The van der Waals surface area contributed by atoms with E-state index >= 15 is 0 Å². The van der Waals surface area contributed by atoms with Crippen molar-refractivity contribution < 1.29 is 41.6 Å². The number of pyridine rings is 1. The van der Waals surface area contributed by atoms with Crippen molar-refractivity contribution in [2.75, 3.05) is 31.6 Å². The first-order valence-corrected chi connectivity index (χ1v) is 25.8. The summed E-state index contributed by atoms with van der Waals surface area (Å²) in [6.07, 6.45) is 9.09. The second kappa shape index (κ2) is 23.9. The number of nitrogens with one attached hydrogen (secondary N) is 3. The molecule has 0 saturated carbocycles. The van der Waals surface area contributed by atoms with Crippen LogP contribution in [0.4, 0.5) is 29.3 Å². The van der Waals surface area contributed by atoms with Crippen LogP contribution >= 0.6 is 0 Å². The van der Waals surface area contributed by atoms with Gasteiger partial charge in [0.05, 0.1) is 11.1 Å². The highest BCUT2D eigenvalue weighted by molar-refractivity contribution is 6.03. The molecule has 3 aromatic carbocycles. The van der Waals surface area contributed by atoms with Crippen molar-refractivity contribution in [1.29, 1.82) is 0 Å². The quantitative estimate of drug-likeness (QED) is 0.0454. The summed E-state index contributed by atoms with van der Waals surface area (Å²) in [5, 5.41) is 16.9. The molecule has 17 heteroatoms. The molecule has 5 aromatic rings. The number of halogens is 3. The topological polar surface area (TPSA) is 156 Å². The third-order valence-electron chi connectivity index (χ3n) is 13.5. The summed E-state index contributed by atoms with van der Waals surface area (Å²) in [5.74, 6) is -0.574. The summed E-state index contributed by atoms with van der Waals surface area (Å²) < 4.78 is 56.0. The highest BCUT2D eigenvalue weighted by Gasteiger charge is 2.43. The molecule has 0 fully saturated rings.